The van der Waals surface area contributed by atoms with Crippen molar-refractivity contribution in [1.29, 1.82) is 0 Å². The number of benzene rings is 2. The highest BCUT2D eigenvalue weighted by atomic mass is 32.2. The average Bonchev–Trinajstić information content (AvgIpc) is 2.70. The SMILES string of the molecule is CC(=O)Nc1ccc(C)cc1NC(=O)c1ccc(F)c(S(=O)(=O)N2CCCCC2)c1. The van der Waals surface area contributed by atoms with Gasteiger partial charge in [-0.25, -0.2) is 12.8 Å². The van der Waals surface area contributed by atoms with Gasteiger partial charge in [-0.15, -0.1) is 0 Å². The van der Waals surface area contributed by atoms with Crippen LogP contribution in [0.5, 0.6) is 0 Å². The number of rotatable bonds is 5. The number of sulfonamides is 1. The highest BCUT2D eigenvalue weighted by Crippen LogP contribution is 2.26. The van der Waals surface area contributed by atoms with Crippen molar-refractivity contribution in [3.63, 3.8) is 0 Å². The number of aryl methyl sites for hydroxylation is 1. The summed E-state index contributed by atoms with van der Waals surface area (Å²) < 4.78 is 41.4. The Kier molecular flexibility index (Phi) is 6.52. The smallest absolute Gasteiger partial charge is 0.255 e. The van der Waals surface area contributed by atoms with Crippen LogP contribution in [0.4, 0.5) is 15.8 Å². The number of nitrogens with zero attached hydrogens (tertiary/aromatic N) is 1. The molecule has 0 saturated carbocycles. The molecule has 3 rings (SSSR count). The zero-order valence-corrected chi connectivity index (χ0v) is 17.7. The molecule has 0 atom stereocenters. The highest BCUT2D eigenvalue weighted by Gasteiger charge is 2.29. The van der Waals surface area contributed by atoms with Crippen LogP contribution in [0.25, 0.3) is 0 Å². The van der Waals surface area contributed by atoms with Crippen LogP contribution >= 0.6 is 0 Å². The second-order valence-electron chi connectivity index (χ2n) is 7.29. The molecule has 1 aliphatic heterocycles. The first-order chi connectivity index (χ1) is 14.2. The third kappa shape index (κ3) is 4.85. The number of piperidine rings is 1. The number of carbonyl (C=O) groups excluding carboxylic acids is 2. The summed E-state index contributed by atoms with van der Waals surface area (Å²) in [5.74, 6) is -1.81. The van der Waals surface area contributed by atoms with E-state index in [4.69, 9.17) is 0 Å². The molecule has 1 heterocycles. The van der Waals surface area contributed by atoms with Crippen molar-refractivity contribution >= 4 is 33.2 Å². The lowest BCUT2D eigenvalue weighted by Crippen LogP contribution is -2.36. The lowest BCUT2D eigenvalue weighted by atomic mass is 10.1. The van der Waals surface area contributed by atoms with Crippen LogP contribution < -0.4 is 10.6 Å². The van der Waals surface area contributed by atoms with Gasteiger partial charge in [0, 0.05) is 25.6 Å². The van der Waals surface area contributed by atoms with Crippen molar-refractivity contribution < 1.29 is 22.4 Å². The molecule has 0 radical (unpaired) electrons. The summed E-state index contributed by atoms with van der Waals surface area (Å²) in [4.78, 5) is 23.7. The Labute approximate surface area is 175 Å². The Morgan fingerprint density at radius 2 is 1.67 bits per heavy atom. The van der Waals surface area contributed by atoms with E-state index in [0.29, 0.717) is 24.5 Å². The summed E-state index contributed by atoms with van der Waals surface area (Å²) in [5, 5.41) is 5.30. The minimum absolute atomic E-state index is 0.00210. The molecule has 0 aliphatic carbocycles. The Balaban J connectivity index is 1.90. The molecule has 2 N–H and O–H groups in total. The monoisotopic (exact) mass is 433 g/mol. The highest BCUT2D eigenvalue weighted by molar-refractivity contribution is 7.89. The van der Waals surface area contributed by atoms with Crippen molar-refractivity contribution in [2.24, 2.45) is 0 Å². The van der Waals surface area contributed by atoms with Crippen molar-refractivity contribution in [2.75, 3.05) is 23.7 Å². The van der Waals surface area contributed by atoms with Gasteiger partial charge in [0.15, 0.2) is 0 Å². The van der Waals surface area contributed by atoms with Crippen LogP contribution in [0.3, 0.4) is 0 Å². The van der Waals surface area contributed by atoms with E-state index >= 15 is 0 Å². The standard InChI is InChI=1S/C21H24FN3O4S/c1-14-6-9-18(23-15(2)26)19(12-14)24-21(27)16-7-8-17(22)20(13-16)30(28,29)25-10-4-3-5-11-25/h6-9,12-13H,3-5,10-11H2,1-2H3,(H,23,26)(H,24,27). The molecule has 1 fully saturated rings. The number of hydrogen-bond acceptors (Lipinski definition) is 4. The second-order valence-corrected chi connectivity index (χ2v) is 9.20. The van der Waals surface area contributed by atoms with Crippen molar-refractivity contribution in [3.8, 4) is 0 Å². The van der Waals surface area contributed by atoms with Crippen LogP contribution in [-0.2, 0) is 14.8 Å². The summed E-state index contributed by atoms with van der Waals surface area (Å²) in [7, 11) is -4.03. The van der Waals surface area contributed by atoms with Gasteiger partial charge in [0.1, 0.15) is 10.7 Å². The molecule has 1 saturated heterocycles. The van der Waals surface area contributed by atoms with Gasteiger partial charge < -0.3 is 10.6 Å². The van der Waals surface area contributed by atoms with E-state index in [1.807, 2.05) is 6.92 Å². The summed E-state index contributed by atoms with van der Waals surface area (Å²) in [6.07, 6.45) is 2.38. The van der Waals surface area contributed by atoms with Crippen LogP contribution in [-0.4, -0.2) is 37.6 Å². The van der Waals surface area contributed by atoms with Crippen molar-refractivity contribution in [3.05, 3.63) is 53.3 Å². The fourth-order valence-corrected chi connectivity index (χ4v) is 4.95. The van der Waals surface area contributed by atoms with Gasteiger partial charge in [0.25, 0.3) is 5.91 Å². The molecule has 2 amide bonds. The first-order valence-corrected chi connectivity index (χ1v) is 11.1. The molecule has 160 valence electrons. The molecule has 0 spiro atoms. The minimum Gasteiger partial charge on any atom is -0.325 e. The van der Waals surface area contributed by atoms with Crippen LogP contribution in [0.1, 0.15) is 42.1 Å². The van der Waals surface area contributed by atoms with Gasteiger partial charge in [0.2, 0.25) is 15.9 Å². The Bertz CT molecular complexity index is 1080. The topological polar surface area (TPSA) is 95.6 Å². The van der Waals surface area contributed by atoms with Gasteiger partial charge in [0.05, 0.1) is 11.4 Å². The van der Waals surface area contributed by atoms with E-state index in [1.54, 1.807) is 18.2 Å². The summed E-state index contributed by atoms with van der Waals surface area (Å²) in [6, 6.07) is 8.39. The molecular weight excluding hydrogens is 409 g/mol. The molecular formula is C21H24FN3O4S. The lowest BCUT2D eigenvalue weighted by Gasteiger charge is -2.26. The van der Waals surface area contributed by atoms with Gasteiger partial charge in [-0.3, -0.25) is 9.59 Å². The van der Waals surface area contributed by atoms with Crippen LogP contribution in [0.2, 0.25) is 0 Å². The van der Waals surface area contributed by atoms with E-state index in [2.05, 4.69) is 10.6 Å². The van der Waals surface area contributed by atoms with Gasteiger partial charge in [-0.1, -0.05) is 12.5 Å². The van der Waals surface area contributed by atoms with E-state index in [9.17, 15) is 22.4 Å². The molecule has 2 aromatic carbocycles. The van der Waals surface area contributed by atoms with E-state index in [-0.39, 0.29) is 11.5 Å². The van der Waals surface area contributed by atoms with Gasteiger partial charge in [-0.05, 0) is 55.7 Å². The summed E-state index contributed by atoms with van der Waals surface area (Å²) in [5.41, 5.74) is 1.62. The van der Waals surface area contributed by atoms with Crippen molar-refractivity contribution in [2.45, 2.75) is 38.0 Å². The molecule has 0 unspecified atom stereocenters. The Morgan fingerprint density at radius 1 is 0.967 bits per heavy atom. The zero-order chi connectivity index (χ0) is 21.9. The lowest BCUT2D eigenvalue weighted by molar-refractivity contribution is -0.114. The average molecular weight is 434 g/mol. The second kappa shape index (κ2) is 8.93. The molecule has 1 aliphatic rings. The largest absolute Gasteiger partial charge is 0.325 e. The molecule has 0 aromatic heterocycles. The van der Waals surface area contributed by atoms with Gasteiger partial charge in [-0.2, -0.15) is 4.31 Å². The number of anilines is 2. The number of amides is 2. The predicted octanol–water partition coefficient (Wildman–Crippen LogP) is 3.52. The summed E-state index contributed by atoms with van der Waals surface area (Å²) >= 11 is 0. The minimum atomic E-state index is -4.03. The van der Waals surface area contributed by atoms with Gasteiger partial charge >= 0.3 is 0 Å². The molecule has 7 nitrogen and oxygen atoms in total. The number of hydrogen-bond donors (Lipinski definition) is 2. The zero-order valence-electron chi connectivity index (χ0n) is 16.9. The normalized spacial score (nSPS) is 14.9. The number of nitrogens with one attached hydrogen (secondary N) is 2. The summed E-state index contributed by atoms with van der Waals surface area (Å²) in [6.45, 7) is 3.85. The fourth-order valence-electron chi connectivity index (χ4n) is 3.34. The quantitative estimate of drug-likeness (QED) is 0.754. The maximum absolute atomic E-state index is 14.4. The van der Waals surface area contributed by atoms with E-state index < -0.39 is 26.6 Å². The number of halogens is 1. The van der Waals surface area contributed by atoms with E-state index in [0.717, 1.165) is 37.0 Å². The Hall–Kier alpha value is -2.78. The first-order valence-electron chi connectivity index (χ1n) is 9.68. The molecule has 2 aromatic rings. The molecule has 0 bridgehead atoms. The maximum atomic E-state index is 14.4. The third-order valence-corrected chi connectivity index (χ3v) is 6.77. The van der Waals surface area contributed by atoms with Crippen LogP contribution in [0.15, 0.2) is 41.3 Å². The van der Waals surface area contributed by atoms with Crippen LogP contribution in [0, 0.1) is 12.7 Å². The predicted molar refractivity (Wildman–Crippen MR) is 112 cm³/mol. The van der Waals surface area contributed by atoms with E-state index in [1.165, 1.54) is 17.3 Å². The first kappa shape index (κ1) is 21.9. The fraction of sp³-hybridized carbons (Fsp3) is 0.333. The number of carbonyl (C=O) groups is 2. The Morgan fingerprint density at radius 3 is 2.33 bits per heavy atom. The maximum Gasteiger partial charge on any atom is 0.255 e. The van der Waals surface area contributed by atoms with Crippen molar-refractivity contribution in [1.82, 2.24) is 4.31 Å². The third-order valence-electron chi connectivity index (χ3n) is 4.86. The molecule has 30 heavy (non-hydrogen) atoms. The molecule has 9 heteroatoms.